The Kier molecular flexibility index (Phi) is 8.16. The fourth-order valence-electron chi connectivity index (χ4n) is 6.18. The van der Waals surface area contributed by atoms with Crippen LogP contribution in [0.1, 0.15) is 58.4 Å². The Bertz CT molecular complexity index is 1440. The minimum atomic E-state index is -0.960. The Morgan fingerprint density at radius 2 is 1.88 bits per heavy atom. The molecule has 5 N–H and O–H groups in total. The van der Waals surface area contributed by atoms with E-state index in [4.69, 9.17) is 22.3 Å². The maximum Gasteiger partial charge on any atom is 0.407 e. The lowest BCUT2D eigenvalue weighted by atomic mass is 9.85. The van der Waals surface area contributed by atoms with Crippen LogP contribution in [0.4, 0.5) is 31.2 Å². The summed E-state index contributed by atoms with van der Waals surface area (Å²) in [5, 5.41) is 15.9. The smallest absolute Gasteiger partial charge is 0.407 e. The van der Waals surface area contributed by atoms with Gasteiger partial charge in [-0.25, -0.2) is 23.5 Å². The Morgan fingerprint density at radius 1 is 1.15 bits per heavy atom. The molecule has 0 spiro atoms. The summed E-state index contributed by atoms with van der Waals surface area (Å²) in [6.45, 7) is 4.44. The fraction of sp³-hybridized carbons (Fsp3) is 0.519. The summed E-state index contributed by atoms with van der Waals surface area (Å²) in [5.74, 6) is -1.63. The van der Waals surface area contributed by atoms with Crippen molar-refractivity contribution in [1.82, 2.24) is 24.4 Å². The van der Waals surface area contributed by atoms with Gasteiger partial charge in [-0.05, 0) is 50.5 Å². The molecule has 14 heteroatoms. The van der Waals surface area contributed by atoms with Crippen LogP contribution in [0, 0.1) is 23.5 Å². The Morgan fingerprint density at radius 3 is 2.51 bits per heavy atom. The van der Waals surface area contributed by atoms with Crippen LogP contribution in [0.3, 0.4) is 0 Å². The highest BCUT2D eigenvalue weighted by Gasteiger charge is 2.37. The molecule has 0 bridgehead atoms. The van der Waals surface area contributed by atoms with Crippen molar-refractivity contribution >= 4 is 52.3 Å². The van der Waals surface area contributed by atoms with E-state index in [-0.39, 0.29) is 52.5 Å². The van der Waals surface area contributed by atoms with Crippen LogP contribution < -0.4 is 16.4 Å². The molecule has 2 amide bonds. The topological polar surface area (TPSA) is 151 Å². The van der Waals surface area contributed by atoms with Crippen molar-refractivity contribution in [2.45, 2.75) is 70.5 Å². The lowest BCUT2D eigenvalue weighted by Crippen LogP contribution is -2.55. The minimum Gasteiger partial charge on any atom is -0.465 e. The first-order valence-electron chi connectivity index (χ1n) is 13.8. The first-order valence-corrected chi connectivity index (χ1v) is 14.1. The van der Waals surface area contributed by atoms with Crippen molar-refractivity contribution in [1.29, 1.82) is 0 Å². The highest BCUT2D eigenvalue weighted by molar-refractivity contribution is 6.33. The molecule has 1 saturated carbocycles. The molecular weight excluding hydrogens is 558 g/mol. The average molecular weight is 591 g/mol. The summed E-state index contributed by atoms with van der Waals surface area (Å²) in [6.07, 6.45) is 4.39. The number of hydrogen-bond acceptors (Lipinski definition) is 7. The van der Waals surface area contributed by atoms with E-state index in [0.29, 0.717) is 55.8 Å². The van der Waals surface area contributed by atoms with E-state index in [1.165, 1.54) is 4.90 Å². The van der Waals surface area contributed by atoms with Gasteiger partial charge in [0.15, 0.2) is 11.5 Å². The van der Waals surface area contributed by atoms with E-state index in [0.717, 1.165) is 18.6 Å². The van der Waals surface area contributed by atoms with Gasteiger partial charge in [-0.3, -0.25) is 9.36 Å². The van der Waals surface area contributed by atoms with E-state index >= 15 is 0 Å². The van der Waals surface area contributed by atoms with Gasteiger partial charge in [0, 0.05) is 30.6 Å². The zero-order chi connectivity index (χ0) is 29.4. The first kappa shape index (κ1) is 28.8. The highest BCUT2D eigenvalue weighted by atomic mass is 35.5. The number of nitrogens with two attached hydrogens (primary N) is 1. The summed E-state index contributed by atoms with van der Waals surface area (Å²) >= 11 is 6.17. The number of carbonyl (C=O) groups is 2. The van der Waals surface area contributed by atoms with E-state index in [1.54, 1.807) is 6.20 Å². The zero-order valence-corrected chi connectivity index (χ0v) is 23.5. The van der Waals surface area contributed by atoms with Crippen LogP contribution in [0.2, 0.25) is 5.02 Å². The van der Waals surface area contributed by atoms with Gasteiger partial charge in [0.05, 0.1) is 22.9 Å². The maximum atomic E-state index is 14.7. The van der Waals surface area contributed by atoms with Crippen molar-refractivity contribution in [3.05, 3.63) is 35.0 Å². The number of amides is 2. The number of anilines is 3. The first-order chi connectivity index (χ1) is 19.5. The lowest BCUT2D eigenvalue weighted by molar-refractivity contribution is -0.122. The number of imidazole rings is 1. The quantitative estimate of drug-likeness (QED) is 0.289. The van der Waals surface area contributed by atoms with Gasteiger partial charge < -0.3 is 26.4 Å². The number of nitrogens with one attached hydrogen (secondary N) is 2. The molecule has 3 aromatic rings. The molecule has 11 nitrogen and oxygen atoms in total. The number of halogens is 3. The number of carboxylic acid groups (broad SMARTS) is 1. The fourth-order valence-corrected chi connectivity index (χ4v) is 6.42. The molecule has 41 heavy (non-hydrogen) atoms. The molecule has 2 fully saturated rings. The molecule has 2 unspecified atom stereocenters. The van der Waals surface area contributed by atoms with Gasteiger partial charge in [-0.2, -0.15) is 4.98 Å². The summed E-state index contributed by atoms with van der Waals surface area (Å²) in [6, 6.07) is 1.12. The number of likely N-dealkylation sites (tertiary alicyclic amines) is 1. The summed E-state index contributed by atoms with van der Waals surface area (Å²) in [4.78, 5) is 39.0. The van der Waals surface area contributed by atoms with Gasteiger partial charge in [-0.15, -0.1) is 0 Å². The van der Waals surface area contributed by atoms with Crippen molar-refractivity contribution in [3.63, 3.8) is 0 Å². The van der Waals surface area contributed by atoms with E-state index in [2.05, 4.69) is 20.6 Å². The van der Waals surface area contributed by atoms with Gasteiger partial charge in [0.2, 0.25) is 17.8 Å². The normalized spacial score (nSPS) is 23.1. The van der Waals surface area contributed by atoms with Gasteiger partial charge in [0.25, 0.3) is 0 Å². The summed E-state index contributed by atoms with van der Waals surface area (Å²) in [7, 11) is 0. The van der Waals surface area contributed by atoms with Crippen LogP contribution >= 0.6 is 11.6 Å². The number of nitrogens with zero attached hydrogens (tertiary/aromatic N) is 5. The number of rotatable bonds is 7. The Labute approximate surface area is 240 Å². The number of carbonyl (C=O) groups excluding carboxylic acids is 1. The average Bonchev–Trinajstić information content (AvgIpc) is 3.27. The lowest BCUT2D eigenvalue weighted by Gasteiger charge is -2.42. The number of aromatic nitrogens is 4. The number of piperidine rings is 1. The standard InChI is InChI=1S/C27H33ClF2N8O3/c1-13(2)22-19(4-3-9-37(22)27(40)41)33-25-32-12-20-24(36-25)38(16-7-5-14(6-8-16)23(31)39)26(34-20)35-21-17(28)10-15(29)11-18(21)30/h10-14,16,19,22H,3-9H2,1-2H3,(H2,31,39)(H,34,35)(H,40,41)(H,32,33,36). The van der Waals surface area contributed by atoms with Crippen LogP contribution in [-0.4, -0.2) is 60.2 Å². The summed E-state index contributed by atoms with van der Waals surface area (Å²) < 4.78 is 30.3. The van der Waals surface area contributed by atoms with Crippen LogP contribution in [0.15, 0.2) is 18.3 Å². The highest BCUT2D eigenvalue weighted by Crippen LogP contribution is 2.38. The molecule has 220 valence electrons. The largest absolute Gasteiger partial charge is 0.465 e. The van der Waals surface area contributed by atoms with Gasteiger partial charge in [-0.1, -0.05) is 25.4 Å². The van der Waals surface area contributed by atoms with E-state index in [9.17, 15) is 23.5 Å². The van der Waals surface area contributed by atoms with E-state index < -0.39 is 17.7 Å². The van der Waals surface area contributed by atoms with Crippen LogP contribution in [0.5, 0.6) is 0 Å². The molecule has 1 aromatic carbocycles. The predicted molar refractivity (Wildman–Crippen MR) is 150 cm³/mol. The van der Waals surface area contributed by atoms with Crippen LogP contribution in [0.25, 0.3) is 11.2 Å². The van der Waals surface area contributed by atoms with Gasteiger partial charge in [0.1, 0.15) is 11.3 Å². The number of fused-ring (bicyclic) bond motifs is 1. The molecule has 2 aliphatic rings. The van der Waals surface area contributed by atoms with Crippen molar-refractivity contribution < 1.29 is 23.5 Å². The second kappa shape index (κ2) is 11.6. The van der Waals surface area contributed by atoms with Crippen molar-refractivity contribution in [3.8, 4) is 0 Å². The van der Waals surface area contributed by atoms with Gasteiger partial charge >= 0.3 is 6.09 Å². The SMILES string of the molecule is CC(C)C1C(Nc2ncc3nc(Nc4c(F)cc(F)cc4Cl)n(C4CCC(C(N)=O)CC4)c3n2)CCCN1C(=O)O. The minimum absolute atomic E-state index is 0.0600. The summed E-state index contributed by atoms with van der Waals surface area (Å²) in [5.41, 5.74) is 6.32. The third-order valence-corrected chi connectivity index (χ3v) is 8.37. The number of benzene rings is 1. The molecule has 0 radical (unpaired) electrons. The third-order valence-electron chi connectivity index (χ3n) is 8.07. The number of primary amides is 1. The molecule has 3 heterocycles. The number of hydrogen-bond donors (Lipinski definition) is 4. The Hall–Kier alpha value is -3.74. The molecule has 2 aromatic heterocycles. The van der Waals surface area contributed by atoms with Crippen molar-refractivity contribution in [2.75, 3.05) is 17.2 Å². The maximum absolute atomic E-state index is 14.7. The molecule has 1 aliphatic heterocycles. The molecule has 1 aliphatic carbocycles. The molecule has 5 rings (SSSR count). The predicted octanol–water partition coefficient (Wildman–Crippen LogP) is 5.30. The second-order valence-electron chi connectivity index (χ2n) is 11.1. The molecule has 2 atom stereocenters. The molecule has 1 saturated heterocycles. The third kappa shape index (κ3) is 5.85. The van der Waals surface area contributed by atoms with Crippen molar-refractivity contribution in [2.24, 2.45) is 17.6 Å². The Balaban J connectivity index is 1.52. The van der Waals surface area contributed by atoms with E-state index in [1.807, 2.05) is 18.4 Å². The molecular formula is C27H33ClF2N8O3. The second-order valence-corrected chi connectivity index (χ2v) is 11.5. The monoisotopic (exact) mass is 590 g/mol. The zero-order valence-electron chi connectivity index (χ0n) is 22.8. The van der Waals surface area contributed by atoms with Crippen LogP contribution in [-0.2, 0) is 4.79 Å².